The molecule has 0 saturated carbocycles. The molecule has 0 saturated heterocycles. The lowest BCUT2D eigenvalue weighted by molar-refractivity contribution is 0.0888. The number of nitrogens with one attached hydrogen (secondary N) is 1. The molecule has 0 aliphatic carbocycles. The number of aryl methyl sites for hydroxylation is 1. The highest BCUT2D eigenvalue weighted by Crippen LogP contribution is 2.31. The average molecular weight is 390 g/mol. The molecule has 1 amide bonds. The fourth-order valence-corrected chi connectivity index (χ4v) is 3.12. The van der Waals surface area contributed by atoms with Gasteiger partial charge in [0.2, 0.25) is 0 Å². The van der Waals surface area contributed by atoms with E-state index in [4.69, 9.17) is 25.5 Å². The maximum absolute atomic E-state index is 12.5. The van der Waals surface area contributed by atoms with E-state index in [-0.39, 0.29) is 12.3 Å². The number of amides is 1. The summed E-state index contributed by atoms with van der Waals surface area (Å²) in [5.41, 5.74) is 1.68. The minimum absolute atomic E-state index is 0.0213. The van der Waals surface area contributed by atoms with Crippen LogP contribution < -0.4 is 14.8 Å². The molecule has 1 aromatic heterocycles. The minimum atomic E-state index is -0.979. The van der Waals surface area contributed by atoms with Crippen molar-refractivity contribution in [3.05, 3.63) is 58.3 Å². The maximum atomic E-state index is 12.5. The summed E-state index contributed by atoms with van der Waals surface area (Å²) in [7, 11) is 3.05. The van der Waals surface area contributed by atoms with Crippen molar-refractivity contribution in [1.82, 2.24) is 5.32 Å². The zero-order valence-corrected chi connectivity index (χ0v) is 16.0. The van der Waals surface area contributed by atoms with Crippen molar-refractivity contribution in [3.63, 3.8) is 0 Å². The number of hydrogen-bond donors (Lipinski definition) is 2. The van der Waals surface area contributed by atoms with Crippen LogP contribution in [0.4, 0.5) is 0 Å². The number of para-hydroxylation sites is 1. The van der Waals surface area contributed by atoms with Crippen molar-refractivity contribution < 1.29 is 23.8 Å². The zero-order chi connectivity index (χ0) is 19.6. The molecule has 2 N–H and O–H groups in total. The van der Waals surface area contributed by atoms with Crippen LogP contribution in [0.1, 0.15) is 27.8 Å². The van der Waals surface area contributed by atoms with Crippen LogP contribution in [0, 0.1) is 6.92 Å². The topological polar surface area (TPSA) is 80.9 Å². The van der Waals surface area contributed by atoms with E-state index >= 15 is 0 Å². The Balaban J connectivity index is 1.78. The monoisotopic (exact) mass is 389 g/mol. The van der Waals surface area contributed by atoms with Gasteiger partial charge < -0.3 is 24.3 Å². The second-order valence-electron chi connectivity index (χ2n) is 6.01. The van der Waals surface area contributed by atoms with Gasteiger partial charge in [-0.1, -0.05) is 23.7 Å². The van der Waals surface area contributed by atoms with Crippen LogP contribution in [-0.4, -0.2) is 31.8 Å². The summed E-state index contributed by atoms with van der Waals surface area (Å²) in [6, 6.07) is 10.4. The first kappa shape index (κ1) is 19.1. The number of carbonyl (C=O) groups is 1. The van der Waals surface area contributed by atoms with Gasteiger partial charge in [0.05, 0.1) is 19.2 Å². The van der Waals surface area contributed by atoms with Crippen LogP contribution >= 0.6 is 11.6 Å². The number of benzene rings is 2. The third kappa shape index (κ3) is 3.72. The Morgan fingerprint density at radius 1 is 1.26 bits per heavy atom. The van der Waals surface area contributed by atoms with E-state index in [1.54, 1.807) is 37.3 Å². The molecule has 0 aliphatic rings. The molecule has 6 nitrogen and oxygen atoms in total. The molecular formula is C20H20ClNO5. The van der Waals surface area contributed by atoms with Gasteiger partial charge in [-0.15, -0.1) is 0 Å². The molecule has 0 fully saturated rings. The molecule has 0 radical (unpaired) electrons. The largest absolute Gasteiger partial charge is 0.497 e. The summed E-state index contributed by atoms with van der Waals surface area (Å²) in [6.07, 6.45) is -0.979. The Morgan fingerprint density at radius 3 is 2.70 bits per heavy atom. The Bertz CT molecular complexity index is 982. The molecule has 0 aliphatic heterocycles. The molecule has 7 heteroatoms. The fraction of sp³-hybridized carbons (Fsp3) is 0.250. The Hall–Kier alpha value is -2.70. The number of aliphatic hydroxyl groups excluding tert-OH is 1. The number of hydrogen-bond acceptors (Lipinski definition) is 5. The Labute approximate surface area is 161 Å². The number of rotatable bonds is 6. The van der Waals surface area contributed by atoms with Gasteiger partial charge in [-0.25, -0.2) is 0 Å². The van der Waals surface area contributed by atoms with Gasteiger partial charge in [0.25, 0.3) is 5.91 Å². The van der Waals surface area contributed by atoms with Crippen LogP contribution in [0.2, 0.25) is 5.02 Å². The summed E-state index contributed by atoms with van der Waals surface area (Å²) in [4.78, 5) is 12.5. The van der Waals surface area contributed by atoms with Crippen molar-refractivity contribution in [3.8, 4) is 11.5 Å². The van der Waals surface area contributed by atoms with Crippen molar-refractivity contribution in [2.45, 2.75) is 13.0 Å². The molecule has 142 valence electrons. The van der Waals surface area contributed by atoms with Gasteiger partial charge >= 0.3 is 0 Å². The first-order chi connectivity index (χ1) is 13.0. The van der Waals surface area contributed by atoms with Gasteiger partial charge in [0, 0.05) is 23.1 Å². The molecule has 3 rings (SSSR count). The number of ether oxygens (including phenoxy) is 2. The zero-order valence-electron chi connectivity index (χ0n) is 15.2. The SMILES string of the molecule is COc1ccc(OC)c(C(O)CNC(=O)c2oc3c(Cl)cccc3c2C)c1. The molecule has 1 atom stereocenters. The van der Waals surface area contributed by atoms with Crippen molar-refractivity contribution in [1.29, 1.82) is 0 Å². The van der Waals surface area contributed by atoms with Crippen LogP contribution in [0.15, 0.2) is 40.8 Å². The highest BCUT2D eigenvalue weighted by Gasteiger charge is 2.21. The molecular weight excluding hydrogens is 370 g/mol. The van der Waals surface area contributed by atoms with E-state index in [2.05, 4.69) is 5.32 Å². The van der Waals surface area contributed by atoms with E-state index in [0.717, 1.165) is 5.39 Å². The molecule has 2 aromatic carbocycles. The standard InChI is InChI=1S/C20H20ClNO5/c1-11-13-5-4-6-15(21)19(13)27-18(11)20(24)22-10-16(23)14-9-12(25-2)7-8-17(14)26-3/h4-9,16,23H,10H2,1-3H3,(H,22,24). The Kier molecular flexibility index (Phi) is 5.58. The molecule has 3 aromatic rings. The number of halogens is 1. The second kappa shape index (κ2) is 7.90. The van der Waals surface area contributed by atoms with E-state index in [1.165, 1.54) is 14.2 Å². The smallest absolute Gasteiger partial charge is 0.287 e. The summed E-state index contributed by atoms with van der Waals surface area (Å²) < 4.78 is 16.1. The van der Waals surface area contributed by atoms with Crippen molar-refractivity contribution in [2.24, 2.45) is 0 Å². The van der Waals surface area contributed by atoms with E-state index in [1.807, 2.05) is 6.07 Å². The lowest BCUT2D eigenvalue weighted by Crippen LogP contribution is -2.28. The highest BCUT2D eigenvalue weighted by atomic mass is 35.5. The predicted octanol–water partition coefficient (Wildman–Crippen LogP) is 3.88. The van der Waals surface area contributed by atoms with Crippen LogP contribution in [-0.2, 0) is 0 Å². The van der Waals surface area contributed by atoms with Gasteiger partial charge in [-0.2, -0.15) is 0 Å². The number of furan rings is 1. The first-order valence-electron chi connectivity index (χ1n) is 8.32. The van der Waals surface area contributed by atoms with Crippen molar-refractivity contribution >= 4 is 28.5 Å². The number of aliphatic hydroxyl groups is 1. The third-order valence-corrected chi connectivity index (χ3v) is 4.67. The average Bonchev–Trinajstić information content (AvgIpc) is 3.03. The van der Waals surface area contributed by atoms with E-state index < -0.39 is 12.0 Å². The van der Waals surface area contributed by atoms with Gasteiger partial charge in [-0.05, 0) is 31.2 Å². The quantitative estimate of drug-likeness (QED) is 0.668. The number of methoxy groups -OCH3 is 2. The van der Waals surface area contributed by atoms with Crippen LogP contribution in [0.25, 0.3) is 11.0 Å². The van der Waals surface area contributed by atoms with Gasteiger partial charge in [0.1, 0.15) is 17.6 Å². The summed E-state index contributed by atoms with van der Waals surface area (Å²) >= 11 is 6.13. The number of fused-ring (bicyclic) bond motifs is 1. The molecule has 1 heterocycles. The normalized spacial score (nSPS) is 12.0. The van der Waals surface area contributed by atoms with Crippen molar-refractivity contribution in [2.75, 3.05) is 20.8 Å². The van der Waals surface area contributed by atoms with Crippen LogP contribution in [0.5, 0.6) is 11.5 Å². The second-order valence-corrected chi connectivity index (χ2v) is 6.41. The third-order valence-electron chi connectivity index (χ3n) is 4.37. The maximum Gasteiger partial charge on any atom is 0.287 e. The fourth-order valence-electron chi connectivity index (χ4n) is 2.90. The molecule has 1 unspecified atom stereocenters. The Morgan fingerprint density at radius 2 is 2.04 bits per heavy atom. The lowest BCUT2D eigenvalue weighted by atomic mass is 10.1. The molecule has 27 heavy (non-hydrogen) atoms. The molecule has 0 spiro atoms. The van der Waals surface area contributed by atoms with E-state index in [0.29, 0.717) is 33.2 Å². The summed E-state index contributed by atoms with van der Waals surface area (Å²) in [6.45, 7) is 1.77. The number of carbonyl (C=O) groups excluding carboxylic acids is 1. The molecule has 0 bridgehead atoms. The van der Waals surface area contributed by atoms with Gasteiger partial charge in [-0.3, -0.25) is 4.79 Å². The van der Waals surface area contributed by atoms with Gasteiger partial charge in [0.15, 0.2) is 11.3 Å². The minimum Gasteiger partial charge on any atom is -0.497 e. The van der Waals surface area contributed by atoms with Crippen LogP contribution in [0.3, 0.4) is 0 Å². The van der Waals surface area contributed by atoms with E-state index in [9.17, 15) is 9.90 Å². The summed E-state index contributed by atoms with van der Waals surface area (Å²) in [5, 5.41) is 14.4. The first-order valence-corrected chi connectivity index (χ1v) is 8.69. The lowest BCUT2D eigenvalue weighted by Gasteiger charge is -2.16. The predicted molar refractivity (Wildman–Crippen MR) is 103 cm³/mol. The summed E-state index contributed by atoms with van der Waals surface area (Å²) in [5.74, 6) is 0.826. The highest BCUT2D eigenvalue weighted by molar-refractivity contribution is 6.35.